The number of carbonyl (C=O) groups excluding carboxylic acids is 1. The second kappa shape index (κ2) is 5.63. The van der Waals surface area contributed by atoms with Crippen LogP contribution in [0.15, 0.2) is 18.2 Å². The molecular weight excluding hydrogens is 223 g/mol. The maximum Gasteiger partial charge on any atom is 0.236 e. The Kier molecular flexibility index (Phi) is 4.45. The van der Waals surface area contributed by atoms with Crippen molar-refractivity contribution in [3.05, 3.63) is 29.6 Å². The van der Waals surface area contributed by atoms with E-state index in [2.05, 4.69) is 0 Å². The van der Waals surface area contributed by atoms with Gasteiger partial charge in [0.15, 0.2) is 0 Å². The van der Waals surface area contributed by atoms with E-state index in [1.807, 2.05) is 13.8 Å². The van der Waals surface area contributed by atoms with Crippen LogP contribution in [-0.2, 0) is 11.4 Å². The lowest BCUT2D eigenvalue weighted by molar-refractivity contribution is -0.116. The molecule has 1 amide bonds. The second-order valence-electron chi connectivity index (χ2n) is 4.12. The van der Waals surface area contributed by atoms with Gasteiger partial charge < -0.3 is 15.7 Å². The summed E-state index contributed by atoms with van der Waals surface area (Å²) >= 11 is 0. The Morgan fingerprint density at radius 1 is 1.53 bits per heavy atom. The number of aliphatic hydroxyl groups excluding tert-OH is 1. The molecule has 0 aliphatic heterocycles. The van der Waals surface area contributed by atoms with E-state index in [1.165, 1.54) is 12.1 Å². The van der Waals surface area contributed by atoms with E-state index in [4.69, 9.17) is 5.73 Å². The van der Waals surface area contributed by atoms with Crippen molar-refractivity contribution in [2.75, 3.05) is 11.4 Å². The van der Waals surface area contributed by atoms with Crippen LogP contribution in [0.3, 0.4) is 0 Å². The molecule has 0 heterocycles. The van der Waals surface area contributed by atoms with E-state index in [9.17, 15) is 14.3 Å². The fourth-order valence-corrected chi connectivity index (χ4v) is 1.67. The number of hydrogen-bond acceptors (Lipinski definition) is 3. The molecule has 1 aromatic carbocycles. The summed E-state index contributed by atoms with van der Waals surface area (Å²) in [6.45, 7) is 3.55. The number of anilines is 1. The SMILES string of the molecule is CC(C)N(CC(N)=O)c1ccc(F)cc1CO. The zero-order chi connectivity index (χ0) is 13.0. The first-order chi connectivity index (χ1) is 7.95. The lowest BCUT2D eigenvalue weighted by atomic mass is 10.1. The molecule has 1 rings (SSSR count). The molecule has 3 N–H and O–H groups in total. The summed E-state index contributed by atoms with van der Waals surface area (Å²) in [5.41, 5.74) is 6.24. The molecule has 0 aliphatic rings. The third-order valence-electron chi connectivity index (χ3n) is 2.47. The molecule has 0 fully saturated rings. The summed E-state index contributed by atoms with van der Waals surface area (Å²) in [4.78, 5) is 12.7. The standard InChI is InChI=1S/C12H17FN2O2/c1-8(2)15(6-12(14)17)11-4-3-10(13)5-9(11)7-16/h3-5,8,16H,6-7H2,1-2H3,(H2,14,17). The summed E-state index contributed by atoms with van der Waals surface area (Å²) in [7, 11) is 0. The van der Waals surface area contributed by atoms with Crippen molar-refractivity contribution in [3.63, 3.8) is 0 Å². The minimum absolute atomic E-state index is 0.0262. The lowest BCUT2D eigenvalue weighted by Crippen LogP contribution is -2.39. The lowest BCUT2D eigenvalue weighted by Gasteiger charge is -2.29. The van der Waals surface area contributed by atoms with Crippen LogP contribution in [0.1, 0.15) is 19.4 Å². The molecule has 1 aromatic rings. The number of halogens is 1. The van der Waals surface area contributed by atoms with Gasteiger partial charge in [0.05, 0.1) is 13.2 Å². The van der Waals surface area contributed by atoms with Crippen LogP contribution in [0.5, 0.6) is 0 Å². The van der Waals surface area contributed by atoms with Crippen LogP contribution in [0, 0.1) is 5.82 Å². The molecule has 0 aliphatic carbocycles. The highest BCUT2D eigenvalue weighted by Gasteiger charge is 2.16. The van der Waals surface area contributed by atoms with Gasteiger partial charge in [-0.3, -0.25) is 4.79 Å². The summed E-state index contributed by atoms with van der Waals surface area (Å²) in [6.07, 6.45) is 0. The largest absolute Gasteiger partial charge is 0.392 e. The molecular formula is C12H17FN2O2. The van der Waals surface area contributed by atoms with Gasteiger partial charge in [0.2, 0.25) is 5.91 Å². The molecule has 0 saturated heterocycles. The van der Waals surface area contributed by atoms with Crippen LogP contribution in [-0.4, -0.2) is 23.6 Å². The number of rotatable bonds is 5. The van der Waals surface area contributed by atoms with Crippen LogP contribution in [0.2, 0.25) is 0 Å². The Labute approximate surface area is 99.8 Å². The normalized spacial score (nSPS) is 10.6. The van der Waals surface area contributed by atoms with E-state index in [1.54, 1.807) is 11.0 Å². The molecule has 5 heteroatoms. The smallest absolute Gasteiger partial charge is 0.236 e. The Bertz CT molecular complexity index is 407. The number of nitrogens with two attached hydrogens (primary N) is 1. The van der Waals surface area contributed by atoms with Crippen molar-refractivity contribution in [2.45, 2.75) is 26.5 Å². The fraction of sp³-hybridized carbons (Fsp3) is 0.417. The maximum absolute atomic E-state index is 13.0. The Hall–Kier alpha value is -1.62. The van der Waals surface area contributed by atoms with Crippen LogP contribution >= 0.6 is 0 Å². The van der Waals surface area contributed by atoms with Crippen molar-refractivity contribution in [3.8, 4) is 0 Å². The summed E-state index contributed by atoms with van der Waals surface area (Å²) < 4.78 is 13.0. The average molecular weight is 240 g/mol. The minimum Gasteiger partial charge on any atom is -0.392 e. The molecule has 0 aromatic heterocycles. The van der Waals surface area contributed by atoms with Gasteiger partial charge in [-0.1, -0.05) is 0 Å². The first-order valence-corrected chi connectivity index (χ1v) is 5.40. The van der Waals surface area contributed by atoms with Gasteiger partial charge in [0.25, 0.3) is 0 Å². The number of hydrogen-bond donors (Lipinski definition) is 2. The van der Waals surface area contributed by atoms with Gasteiger partial charge in [-0.05, 0) is 32.0 Å². The van der Waals surface area contributed by atoms with Gasteiger partial charge in [0.1, 0.15) is 5.82 Å². The van der Waals surface area contributed by atoms with Crippen molar-refractivity contribution in [1.82, 2.24) is 0 Å². The molecule has 4 nitrogen and oxygen atoms in total. The zero-order valence-corrected chi connectivity index (χ0v) is 9.98. The minimum atomic E-state index is -0.466. The monoisotopic (exact) mass is 240 g/mol. The number of benzene rings is 1. The molecule has 0 atom stereocenters. The van der Waals surface area contributed by atoms with Crippen molar-refractivity contribution in [1.29, 1.82) is 0 Å². The zero-order valence-electron chi connectivity index (χ0n) is 9.98. The highest BCUT2D eigenvalue weighted by molar-refractivity contribution is 5.80. The number of aliphatic hydroxyl groups is 1. The molecule has 17 heavy (non-hydrogen) atoms. The number of primary amides is 1. The Morgan fingerprint density at radius 2 is 2.18 bits per heavy atom. The average Bonchev–Trinajstić information content (AvgIpc) is 2.25. The predicted octanol–water partition coefficient (Wildman–Crippen LogP) is 1.02. The second-order valence-corrected chi connectivity index (χ2v) is 4.12. The molecule has 94 valence electrons. The number of amides is 1. The van der Waals surface area contributed by atoms with Gasteiger partial charge in [0, 0.05) is 17.3 Å². The van der Waals surface area contributed by atoms with E-state index in [0.717, 1.165) is 0 Å². The van der Waals surface area contributed by atoms with Gasteiger partial charge in [-0.15, -0.1) is 0 Å². The Balaban J connectivity index is 3.13. The highest BCUT2D eigenvalue weighted by Crippen LogP contribution is 2.23. The first kappa shape index (κ1) is 13.4. The van der Waals surface area contributed by atoms with E-state index >= 15 is 0 Å². The number of carbonyl (C=O) groups is 1. The quantitative estimate of drug-likeness (QED) is 0.807. The van der Waals surface area contributed by atoms with E-state index < -0.39 is 11.7 Å². The third kappa shape index (κ3) is 3.42. The summed E-state index contributed by atoms with van der Waals surface area (Å²) in [6, 6.07) is 4.12. The number of nitrogens with zero attached hydrogens (tertiary/aromatic N) is 1. The van der Waals surface area contributed by atoms with E-state index in [-0.39, 0.29) is 19.2 Å². The molecule has 0 bridgehead atoms. The third-order valence-corrected chi connectivity index (χ3v) is 2.47. The van der Waals surface area contributed by atoms with Gasteiger partial charge >= 0.3 is 0 Å². The highest BCUT2D eigenvalue weighted by atomic mass is 19.1. The molecule has 0 spiro atoms. The van der Waals surface area contributed by atoms with Crippen LogP contribution in [0.25, 0.3) is 0 Å². The maximum atomic E-state index is 13.0. The fourth-order valence-electron chi connectivity index (χ4n) is 1.67. The topological polar surface area (TPSA) is 66.6 Å². The molecule has 0 unspecified atom stereocenters. The first-order valence-electron chi connectivity index (χ1n) is 5.40. The predicted molar refractivity (Wildman–Crippen MR) is 64.0 cm³/mol. The van der Waals surface area contributed by atoms with Gasteiger partial charge in [-0.2, -0.15) is 0 Å². The van der Waals surface area contributed by atoms with Crippen molar-refractivity contribution >= 4 is 11.6 Å². The Morgan fingerprint density at radius 3 is 2.65 bits per heavy atom. The van der Waals surface area contributed by atoms with Crippen molar-refractivity contribution < 1.29 is 14.3 Å². The van der Waals surface area contributed by atoms with E-state index in [0.29, 0.717) is 11.3 Å². The molecule has 0 radical (unpaired) electrons. The summed E-state index contributed by atoms with van der Waals surface area (Å²) in [5.74, 6) is -0.882. The van der Waals surface area contributed by atoms with Crippen LogP contribution < -0.4 is 10.6 Å². The van der Waals surface area contributed by atoms with Crippen molar-refractivity contribution in [2.24, 2.45) is 5.73 Å². The van der Waals surface area contributed by atoms with Crippen LogP contribution in [0.4, 0.5) is 10.1 Å². The summed E-state index contributed by atoms with van der Waals surface area (Å²) in [5, 5.41) is 9.20. The van der Waals surface area contributed by atoms with Gasteiger partial charge in [-0.25, -0.2) is 4.39 Å². The molecule has 0 saturated carbocycles.